The lowest BCUT2D eigenvalue weighted by Gasteiger charge is -2.06. The smallest absolute Gasteiger partial charge is 0.416 e. The molecule has 3 aromatic rings. The number of aromatic nitrogens is 2. The molecule has 2 aromatic carbocycles. The van der Waals surface area contributed by atoms with Gasteiger partial charge in [0.15, 0.2) is 6.61 Å². The van der Waals surface area contributed by atoms with E-state index in [-0.39, 0.29) is 23.9 Å². The lowest BCUT2D eigenvalue weighted by molar-refractivity contribution is -0.137. The van der Waals surface area contributed by atoms with E-state index in [1.54, 1.807) is 6.07 Å². The predicted molar refractivity (Wildman–Crippen MR) is 83.2 cm³/mol. The third kappa shape index (κ3) is 3.76. The number of halogens is 4. The summed E-state index contributed by atoms with van der Waals surface area (Å²) in [6.07, 6.45) is -4.43. The molecule has 0 atom stereocenters. The van der Waals surface area contributed by atoms with Crippen molar-refractivity contribution < 1.29 is 22.4 Å². The molecule has 124 valence electrons. The van der Waals surface area contributed by atoms with Crippen molar-refractivity contribution >= 4 is 15.9 Å². The van der Waals surface area contributed by atoms with E-state index in [0.717, 1.165) is 16.6 Å². The molecule has 0 spiro atoms. The third-order valence-electron chi connectivity index (χ3n) is 3.10. The van der Waals surface area contributed by atoms with Crippen molar-refractivity contribution in [2.45, 2.75) is 12.8 Å². The van der Waals surface area contributed by atoms with E-state index in [9.17, 15) is 13.2 Å². The molecule has 8 heteroatoms. The molecule has 1 heterocycles. The standard InChI is InChI=1S/C16H10BrF3N2O2/c17-12-6-1-2-7-13(12)23-9-14-21-15(22-24-14)10-4-3-5-11(8-10)16(18,19)20/h1-8H,9H2. The molecule has 0 radical (unpaired) electrons. The van der Waals surface area contributed by atoms with Gasteiger partial charge in [-0.05, 0) is 40.2 Å². The molecule has 0 unspecified atom stereocenters. The predicted octanol–water partition coefficient (Wildman–Crippen LogP) is 5.10. The maximum absolute atomic E-state index is 12.7. The first-order chi connectivity index (χ1) is 11.4. The van der Waals surface area contributed by atoms with Crippen LogP contribution in [0.3, 0.4) is 0 Å². The van der Waals surface area contributed by atoms with Crippen LogP contribution in [0.1, 0.15) is 11.5 Å². The highest BCUT2D eigenvalue weighted by atomic mass is 79.9. The lowest BCUT2D eigenvalue weighted by Crippen LogP contribution is -2.04. The Labute approximate surface area is 143 Å². The van der Waals surface area contributed by atoms with Crippen LogP contribution in [0.5, 0.6) is 5.75 Å². The second kappa shape index (κ2) is 6.64. The molecule has 0 aliphatic rings. The molecular weight excluding hydrogens is 389 g/mol. The molecule has 1 aromatic heterocycles. The number of hydrogen-bond acceptors (Lipinski definition) is 4. The molecule has 0 aliphatic carbocycles. The van der Waals surface area contributed by atoms with Gasteiger partial charge in [-0.3, -0.25) is 0 Å². The van der Waals surface area contributed by atoms with Crippen LogP contribution in [-0.2, 0) is 12.8 Å². The van der Waals surface area contributed by atoms with Crippen LogP contribution >= 0.6 is 15.9 Å². The number of nitrogens with zero attached hydrogens (tertiary/aromatic N) is 2. The van der Waals surface area contributed by atoms with Crippen molar-refractivity contribution in [2.75, 3.05) is 0 Å². The molecule has 0 bridgehead atoms. The SMILES string of the molecule is FC(F)(F)c1cccc(-c2noc(COc3ccccc3Br)n2)c1. The minimum atomic E-state index is -4.43. The third-order valence-corrected chi connectivity index (χ3v) is 3.76. The van der Waals surface area contributed by atoms with Gasteiger partial charge in [0.1, 0.15) is 5.75 Å². The van der Waals surface area contributed by atoms with Crippen molar-refractivity contribution in [1.29, 1.82) is 0 Å². The summed E-state index contributed by atoms with van der Waals surface area (Å²) in [6.45, 7) is 0.00851. The Morgan fingerprint density at radius 1 is 1.08 bits per heavy atom. The zero-order valence-electron chi connectivity index (χ0n) is 12.0. The molecule has 0 aliphatic heterocycles. The number of hydrogen-bond donors (Lipinski definition) is 0. The number of alkyl halides is 3. The van der Waals surface area contributed by atoms with Crippen molar-refractivity contribution in [3.8, 4) is 17.1 Å². The molecule has 4 nitrogen and oxygen atoms in total. The first-order valence-electron chi connectivity index (χ1n) is 6.81. The van der Waals surface area contributed by atoms with E-state index in [1.165, 1.54) is 12.1 Å². The normalized spacial score (nSPS) is 11.5. The fourth-order valence-electron chi connectivity index (χ4n) is 1.97. The van der Waals surface area contributed by atoms with Gasteiger partial charge in [0.2, 0.25) is 5.82 Å². The monoisotopic (exact) mass is 398 g/mol. The Bertz CT molecular complexity index is 849. The van der Waals surface area contributed by atoms with Crippen LogP contribution in [-0.4, -0.2) is 10.1 Å². The Morgan fingerprint density at radius 2 is 1.88 bits per heavy atom. The summed E-state index contributed by atoms with van der Waals surface area (Å²) in [7, 11) is 0. The first-order valence-corrected chi connectivity index (χ1v) is 7.60. The van der Waals surface area contributed by atoms with Gasteiger partial charge < -0.3 is 9.26 Å². The second-order valence-corrected chi connectivity index (χ2v) is 5.66. The van der Waals surface area contributed by atoms with Crippen LogP contribution in [0, 0.1) is 0 Å². The van der Waals surface area contributed by atoms with Crippen LogP contribution < -0.4 is 4.74 Å². The van der Waals surface area contributed by atoms with Gasteiger partial charge in [0, 0.05) is 5.56 Å². The highest BCUT2D eigenvalue weighted by Crippen LogP contribution is 2.31. The zero-order chi connectivity index (χ0) is 17.2. The van der Waals surface area contributed by atoms with Crippen LogP contribution in [0.2, 0.25) is 0 Å². The van der Waals surface area contributed by atoms with Crippen molar-refractivity contribution in [2.24, 2.45) is 0 Å². The Morgan fingerprint density at radius 3 is 2.62 bits per heavy atom. The maximum atomic E-state index is 12.7. The fraction of sp³-hybridized carbons (Fsp3) is 0.125. The van der Waals surface area contributed by atoms with Gasteiger partial charge in [-0.25, -0.2) is 0 Å². The van der Waals surface area contributed by atoms with Gasteiger partial charge in [0.25, 0.3) is 5.89 Å². The Hall–Kier alpha value is -2.35. The summed E-state index contributed by atoms with van der Waals surface area (Å²) >= 11 is 3.34. The van der Waals surface area contributed by atoms with Gasteiger partial charge in [0.05, 0.1) is 10.0 Å². The largest absolute Gasteiger partial charge is 0.483 e. The maximum Gasteiger partial charge on any atom is 0.416 e. The average Bonchev–Trinajstić information content (AvgIpc) is 3.02. The van der Waals surface area contributed by atoms with E-state index < -0.39 is 11.7 Å². The fourth-order valence-corrected chi connectivity index (χ4v) is 2.37. The van der Waals surface area contributed by atoms with Gasteiger partial charge in [-0.2, -0.15) is 18.2 Å². The van der Waals surface area contributed by atoms with Gasteiger partial charge >= 0.3 is 6.18 Å². The molecule has 3 rings (SSSR count). The molecule has 0 N–H and O–H groups in total. The summed E-state index contributed by atoms with van der Waals surface area (Å²) < 4.78 is 49.6. The Kier molecular flexibility index (Phi) is 4.57. The van der Waals surface area contributed by atoms with Crippen molar-refractivity contribution in [1.82, 2.24) is 10.1 Å². The first kappa shape index (κ1) is 16.5. The Balaban J connectivity index is 1.75. The van der Waals surface area contributed by atoms with Gasteiger partial charge in [-0.15, -0.1) is 0 Å². The van der Waals surface area contributed by atoms with Crippen molar-refractivity contribution in [3.05, 3.63) is 64.5 Å². The number of rotatable bonds is 4. The summed E-state index contributed by atoms with van der Waals surface area (Å²) in [5.41, 5.74) is -0.545. The van der Waals surface area contributed by atoms with Crippen LogP contribution in [0.25, 0.3) is 11.4 Å². The number of para-hydroxylation sites is 1. The van der Waals surface area contributed by atoms with E-state index in [1.807, 2.05) is 18.2 Å². The quantitative estimate of drug-likeness (QED) is 0.613. The minimum Gasteiger partial charge on any atom is -0.483 e. The summed E-state index contributed by atoms with van der Waals surface area (Å²) in [5, 5.41) is 3.70. The summed E-state index contributed by atoms with van der Waals surface area (Å²) in [4.78, 5) is 4.06. The van der Waals surface area contributed by atoms with E-state index >= 15 is 0 Å². The average molecular weight is 399 g/mol. The van der Waals surface area contributed by atoms with Crippen molar-refractivity contribution in [3.63, 3.8) is 0 Å². The molecular formula is C16H10BrF3N2O2. The second-order valence-electron chi connectivity index (χ2n) is 4.81. The minimum absolute atomic E-state index is 0.00851. The highest BCUT2D eigenvalue weighted by molar-refractivity contribution is 9.10. The summed E-state index contributed by atoms with van der Waals surface area (Å²) in [6, 6.07) is 12.0. The molecule has 0 saturated heterocycles. The molecule has 0 amide bonds. The topological polar surface area (TPSA) is 48.2 Å². The van der Waals surface area contributed by atoms with Gasteiger partial charge in [-0.1, -0.05) is 29.4 Å². The van der Waals surface area contributed by atoms with Crippen LogP contribution in [0.15, 0.2) is 57.5 Å². The number of ether oxygens (including phenoxy) is 1. The summed E-state index contributed by atoms with van der Waals surface area (Å²) in [5.74, 6) is 0.835. The zero-order valence-corrected chi connectivity index (χ0v) is 13.6. The van der Waals surface area contributed by atoms with Crippen LogP contribution in [0.4, 0.5) is 13.2 Å². The van der Waals surface area contributed by atoms with E-state index in [2.05, 4.69) is 26.1 Å². The lowest BCUT2D eigenvalue weighted by atomic mass is 10.1. The van der Waals surface area contributed by atoms with E-state index in [0.29, 0.717) is 5.75 Å². The highest BCUT2D eigenvalue weighted by Gasteiger charge is 2.30. The van der Waals surface area contributed by atoms with E-state index in [4.69, 9.17) is 9.26 Å². The molecule has 24 heavy (non-hydrogen) atoms. The molecule has 0 saturated carbocycles. The molecule has 0 fully saturated rings. The number of benzene rings is 2.